The Morgan fingerprint density at radius 1 is 0.455 bits per heavy atom. The first-order valence-electron chi connectivity index (χ1n) is 18.7. The molecule has 0 bridgehead atoms. The molecule has 0 aliphatic heterocycles. The van der Waals surface area contributed by atoms with Crippen LogP contribution in [0.4, 0.5) is 0 Å². The Hall–Kier alpha value is -6.81. The molecule has 0 saturated carbocycles. The quantitative estimate of drug-likeness (QED) is 0.0757. The summed E-state index contributed by atoms with van der Waals surface area (Å²) < 4.78 is 2.61. The van der Waals surface area contributed by atoms with Crippen LogP contribution in [0.5, 0.6) is 0 Å². The van der Waals surface area contributed by atoms with Crippen LogP contribution in [0.15, 0.2) is 199 Å². The first-order chi connectivity index (χ1) is 27.2. The topological polar surface area (TPSA) is 38.4 Å². The van der Waals surface area contributed by atoms with Crippen LogP contribution < -0.4 is 5.73 Å². The number of hydrogen-bond donors (Lipinski definition) is 1. The van der Waals surface area contributed by atoms with Crippen molar-refractivity contribution in [3.05, 3.63) is 211 Å². The molecule has 0 aliphatic rings. The van der Waals surface area contributed by atoms with E-state index in [9.17, 15) is 0 Å². The van der Waals surface area contributed by atoms with Gasteiger partial charge in [0.1, 0.15) is 5.84 Å². The van der Waals surface area contributed by atoms with Gasteiger partial charge in [-0.15, -0.1) is 11.3 Å². The monoisotopic (exact) mass is 720 g/mol. The predicted octanol–water partition coefficient (Wildman–Crippen LogP) is 13.8. The van der Waals surface area contributed by atoms with E-state index in [2.05, 4.69) is 164 Å². The molecule has 10 aromatic rings. The minimum absolute atomic E-state index is 0.495. The Kier molecular flexibility index (Phi) is 8.28. The smallest absolute Gasteiger partial charge is 0.131 e. The van der Waals surface area contributed by atoms with Gasteiger partial charge >= 0.3 is 0 Å². The molecule has 10 rings (SSSR count). The minimum atomic E-state index is 0.495. The summed E-state index contributed by atoms with van der Waals surface area (Å²) in [4.78, 5) is 5.11. The molecule has 2 N–H and O–H groups in total. The van der Waals surface area contributed by atoms with E-state index in [-0.39, 0.29) is 0 Å². The highest BCUT2D eigenvalue weighted by Gasteiger charge is 2.19. The standard InChI is InChI=1S/C52H36N2S/c53-52(39-17-5-2-6-18-39)54-45(33-31-37-19-13-25-47-49(37)43-23-11-12-24-46(43)55-47)35-26-28-38(29-27-35)50-42-22-10-9-21-41(42)48(36-15-3-1-4-16-36)44-32-30-34-14-7-8-20-40(34)51(44)50/h1-30,32-33H,31H2,(H2,53,54)/b45-33-. The van der Waals surface area contributed by atoms with E-state index in [0.717, 1.165) is 28.8 Å². The molecule has 1 aromatic heterocycles. The fourth-order valence-corrected chi connectivity index (χ4v) is 9.38. The van der Waals surface area contributed by atoms with Crippen molar-refractivity contribution in [3.63, 3.8) is 0 Å². The summed E-state index contributed by atoms with van der Waals surface area (Å²) in [5, 5.41) is 10.1. The van der Waals surface area contributed by atoms with Crippen molar-refractivity contribution in [1.29, 1.82) is 0 Å². The molecule has 260 valence electrons. The maximum atomic E-state index is 6.72. The maximum absolute atomic E-state index is 6.72. The molecule has 3 heteroatoms. The molecular formula is C52H36N2S. The Labute approximate surface area is 324 Å². The van der Waals surface area contributed by atoms with Crippen molar-refractivity contribution < 1.29 is 0 Å². The van der Waals surface area contributed by atoms with E-state index >= 15 is 0 Å². The van der Waals surface area contributed by atoms with Crippen LogP contribution in [0.3, 0.4) is 0 Å². The van der Waals surface area contributed by atoms with Crippen LogP contribution in [0.2, 0.25) is 0 Å². The average molecular weight is 721 g/mol. The summed E-state index contributed by atoms with van der Waals surface area (Å²) in [7, 11) is 0. The van der Waals surface area contributed by atoms with E-state index in [1.807, 2.05) is 41.7 Å². The van der Waals surface area contributed by atoms with Gasteiger partial charge in [0.2, 0.25) is 0 Å². The molecule has 9 aromatic carbocycles. The van der Waals surface area contributed by atoms with Crippen LogP contribution in [0.25, 0.3) is 80.4 Å². The fraction of sp³-hybridized carbons (Fsp3) is 0.0192. The number of allylic oxidation sites excluding steroid dienone is 1. The summed E-state index contributed by atoms with van der Waals surface area (Å²) in [5.41, 5.74) is 15.7. The highest BCUT2D eigenvalue weighted by atomic mass is 32.1. The summed E-state index contributed by atoms with van der Waals surface area (Å²) >= 11 is 1.85. The van der Waals surface area contributed by atoms with Gasteiger partial charge in [-0.2, -0.15) is 0 Å². The van der Waals surface area contributed by atoms with E-state index in [4.69, 9.17) is 10.7 Å². The van der Waals surface area contributed by atoms with Crippen molar-refractivity contribution in [1.82, 2.24) is 0 Å². The zero-order valence-electron chi connectivity index (χ0n) is 30.1. The van der Waals surface area contributed by atoms with Gasteiger partial charge in [-0.25, -0.2) is 4.99 Å². The summed E-state index contributed by atoms with van der Waals surface area (Å²) in [6, 6.07) is 67.2. The van der Waals surface area contributed by atoms with E-state index in [1.165, 1.54) is 74.7 Å². The number of hydrogen-bond acceptors (Lipinski definition) is 2. The third-order valence-electron chi connectivity index (χ3n) is 10.8. The number of benzene rings is 9. The zero-order valence-corrected chi connectivity index (χ0v) is 30.9. The van der Waals surface area contributed by atoms with Crippen LogP contribution in [0, 0.1) is 0 Å². The zero-order chi connectivity index (χ0) is 36.7. The molecule has 0 spiro atoms. The Balaban J connectivity index is 1.15. The van der Waals surface area contributed by atoms with Crippen molar-refractivity contribution >= 4 is 75.4 Å². The van der Waals surface area contributed by atoms with Gasteiger partial charge < -0.3 is 5.73 Å². The normalized spacial score (nSPS) is 12.4. The van der Waals surface area contributed by atoms with E-state index in [1.54, 1.807) is 0 Å². The minimum Gasteiger partial charge on any atom is -0.383 e. The molecule has 0 saturated heterocycles. The lowest BCUT2D eigenvalue weighted by atomic mass is 9.84. The van der Waals surface area contributed by atoms with Gasteiger partial charge in [0.05, 0.1) is 5.70 Å². The second-order valence-electron chi connectivity index (χ2n) is 14.0. The molecule has 0 atom stereocenters. The largest absolute Gasteiger partial charge is 0.383 e. The molecule has 0 radical (unpaired) electrons. The van der Waals surface area contributed by atoms with Gasteiger partial charge in [0.15, 0.2) is 0 Å². The summed E-state index contributed by atoms with van der Waals surface area (Å²) in [6.45, 7) is 0. The number of amidine groups is 1. The second-order valence-corrected chi connectivity index (χ2v) is 15.1. The molecule has 0 aliphatic carbocycles. The second kappa shape index (κ2) is 13.9. The van der Waals surface area contributed by atoms with Gasteiger partial charge in [-0.1, -0.05) is 182 Å². The average Bonchev–Trinajstić information content (AvgIpc) is 3.64. The van der Waals surface area contributed by atoms with Crippen molar-refractivity contribution in [3.8, 4) is 22.3 Å². The summed E-state index contributed by atoms with van der Waals surface area (Å²) in [6.07, 6.45) is 2.96. The van der Waals surface area contributed by atoms with E-state index < -0.39 is 0 Å². The number of fused-ring (bicyclic) bond motifs is 7. The number of nitrogens with zero attached hydrogens (tertiary/aromatic N) is 1. The highest BCUT2D eigenvalue weighted by molar-refractivity contribution is 7.25. The highest BCUT2D eigenvalue weighted by Crippen LogP contribution is 2.46. The van der Waals surface area contributed by atoms with Gasteiger partial charge in [0, 0.05) is 25.7 Å². The molecule has 1 heterocycles. The predicted molar refractivity (Wildman–Crippen MR) is 238 cm³/mol. The molecule has 0 unspecified atom stereocenters. The van der Waals surface area contributed by atoms with Gasteiger partial charge in [0.25, 0.3) is 0 Å². The van der Waals surface area contributed by atoms with Crippen molar-refractivity contribution in [2.45, 2.75) is 6.42 Å². The molecular weight excluding hydrogens is 685 g/mol. The number of rotatable bonds is 7. The van der Waals surface area contributed by atoms with Crippen LogP contribution in [-0.2, 0) is 6.42 Å². The number of thiophene rings is 1. The van der Waals surface area contributed by atoms with Crippen LogP contribution in [-0.4, -0.2) is 5.84 Å². The molecule has 55 heavy (non-hydrogen) atoms. The van der Waals surface area contributed by atoms with Crippen molar-refractivity contribution in [2.24, 2.45) is 10.7 Å². The molecule has 0 amide bonds. The first-order valence-corrected chi connectivity index (χ1v) is 19.5. The maximum Gasteiger partial charge on any atom is 0.131 e. The lowest BCUT2D eigenvalue weighted by Crippen LogP contribution is -2.13. The lowest BCUT2D eigenvalue weighted by molar-refractivity contribution is 1.29. The Bertz CT molecular complexity index is 3100. The molecule has 0 fully saturated rings. The Morgan fingerprint density at radius 3 is 1.85 bits per heavy atom. The third kappa shape index (κ3) is 5.86. The summed E-state index contributed by atoms with van der Waals surface area (Å²) in [5.74, 6) is 0.495. The third-order valence-corrected chi connectivity index (χ3v) is 11.9. The van der Waals surface area contributed by atoms with Crippen molar-refractivity contribution in [2.75, 3.05) is 0 Å². The van der Waals surface area contributed by atoms with Gasteiger partial charge in [-0.05, 0) is 84.3 Å². The van der Waals surface area contributed by atoms with Crippen LogP contribution in [0.1, 0.15) is 16.7 Å². The lowest BCUT2D eigenvalue weighted by Gasteiger charge is -2.19. The number of aliphatic imine (C=N–C) groups is 1. The van der Waals surface area contributed by atoms with E-state index in [0.29, 0.717) is 5.84 Å². The first kappa shape index (κ1) is 32.8. The molecule has 2 nitrogen and oxygen atoms in total. The van der Waals surface area contributed by atoms with Gasteiger partial charge in [-0.3, -0.25) is 0 Å². The Morgan fingerprint density at radius 2 is 1.07 bits per heavy atom. The SMILES string of the molecule is NC(=N/C(=C\Cc1cccc2sc3ccccc3c12)c1ccc(-c2c3ccccc3c(-c3ccccc3)c3ccc4ccccc4c23)cc1)c1ccccc1. The number of nitrogens with two attached hydrogens (primary N) is 1. The van der Waals surface area contributed by atoms with Crippen LogP contribution >= 0.6 is 11.3 Å². The fourth-order valence-electron chi connectivity index (χ4n) is 8.23.